The maximum absolute atomic E-state index is 13.4. The zero-order valence-electron chi connectivity index (χ0n) is 7.13. The van der Waals surface area contributed by atoms with Crippen LogP contribution in [-0.2, 0) is 0 Å². The number of hydrogen-bond acceptors (Lipinski definition) is 5. The van der Waals surface area contributed by atoms with E-state index in [1.54, 1.807) is 0 Å². The molecule has 0 bridgehead atoms. The van der Waals surface area contributed by atoms with E-state index >= 15 is 0 Å². The van der Waals surface area contributed by atoms with Gasteiger partial charge in [-0.2, -0.15) is 25.3 Å². The standard InChI is InChI=1S/C6H15F2N3S2/c7-5(10,3-12)2-11-6(8,1-9)4-13/h11-13H,1-4,9-10H2/t5-,6-/m0/s1. The first kappa shape index (κ1) is 13.4. The summed E-state index contributed by atoms with van der Waals surface area (Å²) >= 11 is 7.42. The van der Waals surface area contributed by atoms with E-state index in [9.17, 15) is 8.78 Å². The van der Waals surface area contributed by atoms with Gasteiger partial charge in [-0.3, -0.25) is 11.1 Å². The van der Waals surface area contributed by atoms with Gasteiger partial charge in [0.2, 0.25) is 0 Å². The fourth-order valence-electron chi connectivity index (χ4n) is 0.554. The molecule has 0 rings (SSSR count). The minimum atomic E-state index is -2.03. The van der Waals surface area contributed by atoms with E-state index in [1.807, 2.05) is 0 Å². The van der Waals surface area contributed by atoms with Gasteiger partial charge >= 0.3 is 0 Å². The zero-order valence-corrected chi connectivity index (χ0v) is 8.92. The quantitative estimate of drug-likeness (QED) is 0.322. The lowest BCUT2D eigenvalue weighted by molar-refractivity contribution is 0.110. The van der Waals surface area contributed by atoms with Crippen LogP contribution in [0.3, 0.4) is 0 Å². The topological polar surface area (TPSA) is 64.1 Å². The Morgan fingerprint density at radius 2 is 1.77 bits per heavy atom. The fourth-order valence-corrected chi connectivity index (χ4v) is 0.907. The number of halogens is 2. The van der Waals surface area contributed by atoms with Crippen molar-refractivity contribution >= 4 is 25.3 Å². The lowest BCUT2D eigenvalue weighted by atomic mass is 10.2. The summed E-state index contributed by atoms with van der Waals surface area (Å²) in [6, 6.07) is 0. The highest BCUT2D eigenvalue weighted by atomic mass is 32.1. The van der Waals surface area contributed by atoms with Gasteiger partial charge in [0, 0.05) is 24.6 Å². The normalized spacial score (nSPS) is 20.8. The molecule has 0 saturated carbocycles. The van der Waals surface area contributed by atoms with Crippen LogP contribution < -0.4 is 16.8 Å². The van der Waals surface area contributed by atoms with Crippen molar-refractivity contribution < 1.29 is 8.78 Å². The Balaban J connectivity index is 3.99. The first-order valence-corrected chi connectivity index (χ1v) is 4.99. The van der Waals surface area contributed by atoms with Gasteiger partial charge in [0.1, 0.15) is 0 Å². The molecule has 0 aromatic rings. The van der Waals surface area contributed by atoms with Gasteiger partial charge in [0.05, 0.1) is 0 Å². The van der Waals surface area contributed by atoms with Crippen LogP contribution in [0.2, 0.25) is 0 Å². The van der Waals surface area contributed by atoms with Crippen LogP contribution in [0.4, 0.5) is 8.78 Å². The van der Waals surface area contributed by atoms with Gasteiger partial charge in [0.25, 0.3) is 0 Å². The molecular weight excluding hydrogens is 216 g/mol. The third-order valence-electron chi connectivity index (χ3n) is 1.54. The molecule has 0 fully saturated rings. The van der Waals surface area contributed by atoms with Crippen molar-refractivity contribution in [1.29, 1.82) is 0 Å². The average Bonchev–Trinajstić information content (AvgIpc) is 2.14. The Bertz CT molecular complexity index is 153. The minimum absolute atomic E-state index is 0.133. The molecule has 0 aromatic carbocycles. The van der Waals surface area contributed by atoms with Crippen molar-refractivity contribution in [3.05, 3.63) is 0 Å². The number of nitrogens with one attached hydrogen (secondary N) is 1. The summed E-state index contributed by atoms with van der Waals surface area (Å²) in [6.45, 7) is -0.621. The van der Waals surface area contributed by atoms with E-state index in [-0.39, 0.29) is 24.6 Å². The van der Waals surface area contributed by atoms with Crippen molar-refractivity contribution in [3.8, 4) is 0 Å². The van der Waals surface area contributed by atoms with E-state index in [0.717, 1.165) is 0 Å². The van der Waals surface area contributed by atoms with Crippen LogP contribution in [0, 0.1) is 0 Å². The molecule has 0 amide bonds. The van der Waals surface area contributed by atoms with E-state index in [0.29, 0.717) is 0 Å². The van der Waals surface area contributed by atoms with Crippen molar-refractivity contribution in [2.45, 2.75) is 11.6 Å². The molecule has 0 heterocycles. The molecule has 0 saturated heterocycles. The second kappa shape index (κ2) is 5.35. The first-order valence-electron chi connectivity index (χ1n) is 3.73. The highest BCUT2D eigenvalue weighted by Gasteiger charge is 2.30. The van der Waals surface area contributed by atoms with Crippen LogP contribution in [-0.4, -0.2) is 36.2 Å². The summed E-state index contributed by atoms with van der Waals surface area (Å²) < 4.78 is 26.4. The number of alkyl halides is 2. The predicted molar refractivity (Wildman–Crippen MR) is 56.6 cm³/mol. The Kier molecular flexibility index (Phi) is 5.53. The molecule has 0 unspecified atom stereocenters. The van der Waals surface area contributed by atoms with Crippen LogP contribution in [0.5, 0.6) is 0 Å². The Labute approximate surface area is 87.4 Å². The second-order valence-corrected chi connectivity index (χ2v) is 3.51. The van der Waals surface area contributed by atoms with Crippen molar-refractivity contribution in [2.75, 3.05) is 24.6 Å². The molecular formula is C6H15F2N3S2. The van der Waals surface area contributed by atoms with E-state index in [4.69, 9.17) is 11.5 Å². The summed E-state index contributed by atoms with van der Waals surface area (Å²) in [5.41, 5.74) is 10.2. The summed E-state index contributed by atoms with van der Waals surface area (Å²) in [4.78, 5) is 0. The Morgan fingerprint density at radius 3 is 2.08 bits per heavy atom. The fraction of sp³-hybridized carbons (Fsp3) is 1.00. The molecule has 0 radical (unpaired) electrons. The second-order valence-electron chi connectivity index (χ2n) is 2.87. The maximum atomic E-state index is 13.4. The molecule has 80 valence electrons. The SMILES string of the molecule is NC[C@@](F)(CS)NC[C@@](N)(F)CS. The minimum Gasteiger partial charge on any atom is -0.326 e. The van der Waals surface area contributed by atoms with Crippen LogP contribution in [0.15, 0.2) is 0 Å². The third kappa shape index (κ3) is 5.02. The van der Waals surface area contributed by atoms with Gasteiger partial charge in [-0.15, -0.1) is 0 Å². The lowest BCUT2D eigenvalue weighted by Gasteiger charge is -2.27. The van der Waals surface area contributed by atoms with Crippen LogP contribution in [0.25, 0.3) is 0 Å². The monoisotopic (exact) mass is 231 g/mol. The molecule has 3 nitrogen and oxygen atoms in total. The maximum Gasteiger partial charge on any atom is 0.182 e. The number of rotatable bonds is 6. The summed E-state index contributed by atoms with van der Waals surface area (Å²) in [7, 11) is 0. The van der Waals surface area contributed by atoms with Crippen molar-refractivity contribution in [3.63, 3.8) is 0 Å². The molecule has 13 heavy (non-hydrogen) atoms. The van der Waals surface area contributed by atoms with Gasteiger partial charge in [-0.25, -0.2) is 8.78 Å². The molecule has 0 aliphatic heterocycles. The molecule has 0 aromatic heterocycles. The molecule has 5 N–H and O–H groups in total. The molecule has 0 spiro atoms. The smallest absolute Gasteiger partial charge is 0.182 e. The molecule has 0 aliphatic rings. The lowest BCUT2D eigenvalue weighted by Crippen LogP contribution is -2.56. The zero-order chi connectivity index (χ0) is 10.5. The summed E-state index contributed by atoms with van der Waals surface area (Å²) in [6.07, 6.45) is 0. The van der Waals surface area contributed by atoms with E-state index in [1.165, 1.54) is 0 Å². The van der Waals surface area contributed by atoms with Gasteiger partial charge in [-0.05, 0) is 0 Å². The summed E-state index contributed by atoms with van der Waals surface area (Å²) in [5.74, 6) is -4.22. The predicted octanol–water partition coefficient (Wildman–Crippen LogP) is -0.315. The molecule has 7 heteroatoms. The highest BCUT2D eigenvalue weighted by molar-refractivity contribution is 7.80. The van der Waals surface area contributed by atoms with Crippen LogP contribution in [0.1, 0.15) is 0 Å². The van der Waals surface area contributed by atoms with Crippen LogP contribution >= 0.6 is 25.3 Å². The van der Waals surface area contributed by atoms with Gasteiger partial charge in [-0.1, -0.05) is 0 Å². The average molecular weight is 231 g/mol. The summed E-state index contributed by atoms with van der Waals surface area (Å²) in [5, 5.41) is 2.27. The Morgan fingerprint density at radius 1 is 1.23 bits per heavy atom. The number of thiol groups is 2. The van der Waals surface area contributed by atoms with Gasteiger partial charge < -0.3 is 5.73 Å². The van der Waals surface area contributed by atoms with E-state index in [2.05, 4.69) is 30.6 Å². The third-order valence-corrected chi connectivity index (χ3v) is 2.56. The van der Waals surface area contributed by atoms with Crippen molar-refractivity contribution in [1.82, 2.24) is 5.32 Å². The Hall–Kier alpha value is 0.440. The highest BCUT2D eigenvalue weighted by Crippen LogP contribution is 2.10. The van der Waals surface area contributed by atoms with Crippen molar-refractivity contribution in [2.24, 2.45) is 11.5 Å². The van der Waals surface area contributed by atoms with Gasteiger partial charge in [0.15, 0.2) is 11.6 Å². The largest absolute Gasteiger partial charge is 0.326 e. The first-order chi connectivity index (χ1) is 5.89. The molecule has 2 atom stereocenters. The number of nitrogens with two attached hydrogens (primary N) is 2. The molecule has 0 aliphatic carbocycles. The number of hydrogen-bond donors (Lipinski definition) is 5. The van der Waals surface area contributed by atoms with E-state index < -0.39 is 11.6 Å².